The van der Waals surface area contributed by atoms with Crippen LogP contribution in [0.5, 0.6) is 0 Å². The van der Waals surface area contributed by atoms with Gasteiger partial charge in [0, 0.05) is 14.8 Å². The fourth-order valence-corrected chi connectivity index (χ4v) is 2.16. The number of halogens is 1. The molecular weight excluding hydrogens is 337 g/mol. The number of nitrogens with one attached hydrogen (secondary N) is 1. The monoisotopic (exact) mass is 351 g/mol. The van der Waals surface area contributed by atoms with Gasteiger partial charge < -0.3 is 5.32 Å². The number of aryl methyl sites for hydroxylation is 2. The molecule has 0 aromatic heterocycles. The first kappa shape index (κ1) is 13.1. The van der Waals surface area contributed by atoms with E-state index in [1.54, 1.807) is 0 Å². The third kappa shape index (κ3) is 3.10. The summed E-state index contributed by atoms with van der Waals surface area (Å²) in [6, 6.07) is 13.6. The molecule has 3 heteroatoms. The van der Waals surface area contributed by atoms with E-state index in [0.29, 0.717) is 0 Å². The van der Waals surface area contributed by atoms with E-state index in [1.807, 2.05) is 56.3 Å². The minimum absolute atomic E-state index is 0.0614. The topological polar surface area (TPSA) is 29.1 Å². The number of anilines is 1. The summed E-state index contributed by atoms with van der Waals surface area (Å²) in [5.74, 6) is -0.0614. The lowest BCUT2D eigenvalue weighted by molar-refractivity contribution is 0.102. The molecule has 0 spiro atoms. The summed E-state index contributed by atoms with van der Waals surface area (Å²) in [6.07, 6.45) is 0. The van der Waals surface area contributed by atoms with Crippen molar-refractivity contribution in [3.8, 4) is 0 Å². The molecule has 0 aliphatic rings. The summed E-state index contributed by atoms with van der Waals surface area (Å²) in [4.78, 5) is 12.1. The zero-order valence-corrected chi connectivity index (χ0v) is 12.5. The summed E-state index contributed by atoms with van der Waals surface area (Å²) >= 11 is 2.24. The molecule has 0 aliphatic carbocycles. The maximum absolute atomic E-state index is 12.1. The molecule has 2 aromatic rings. The Kier molecular flexibility index (Phi) is 4.01. The van der Waals surface area contributed by atoms with Crippen molar-refractivity contribution in [1.29, 1.82) is 0 Å². The SMILES string of the molecule is Cc1ccc(C(=O)Nc2ccc(I)cc2)c(C)c1. The molecular formula is C15H14INO. The Morgan fingerprint density at radius 3 is 2.33 bits per heavy atom. The van der Waals surface area contributed by atoms with Crippen LogP contribution in [0.3, 0.4) is 0 Å². The standard InChI is InChI=1S/C15H14INO/c1-10-3-8-14(11(2)9-10)15(18)17-13-6-4-12(16)5-7-13/h3-9H,1-2H3,(H,17,18). The molecule has 0 unspecified atom stereocenters. The van der Waals surface area contributed by atoms with Gasteiger partial charge in [0.25, 0.3) is 5.91 Å². The van der Waals surface area contributed by atoms with Gasteiger partial charge in [0.05, 0.1) is 0 Å². The number of hydrogen-bond donors (Lipinski definition) is 1. The minimum atomic E-state index is -0.0614. The van der Waals surface area contributed by atoms with E-state index in [-0.39, 0.29) is 5.91 Å². The number of benzene rings is 2. The summed E-state index contributed by atoms with van der Waals surface area (Å²) < 4.78 is 1.15. The molecule has 0 heterocycles. The lowest BCUT2D eigenvalue weighted by Crippen LogP contribution is -2.13. The maximum atomic E-state index is 12.1. The van der Waals surface area contributed by atoms with Gasteiger partial charge in [0.2, 0.25) is 0 Å². The lowest BCUT2D eigenvalue weighted by atomic mass is 10.1. The Bertz CT molecular complexity index is 576. The normalized spacial score (nSPS) is 10.2. The van der Waals surface area contributed by atoms with Crippen LogP contribution < -0.4 is 5.32 Å². The molecule has 2 aromatic carbocycles. The second-order valence-electron chi connectivity index (χ2n) is 4.28. The molecule has 0 aliphatic heterocycles. The fourth-order valence-electron chi connectivity index (χ4n) is 1.80. The first-order valence-corrected chi connectivity index (χ1v) is 6.78. The van der Waals surface area contributed by atoms with Crippen LogP contribution in [0.15, 0.2) is 42.5 Å². The molecule has 92 valence electrons. The van der Waals surface area contributed by atoms with Gasteiger partial charge in [-0.1, -0.05) is 17.7 Å². The molecule has 0 bridgehead atoms. The van der Waals surface area contributed by atoms with E-state index in [1.165, 1.54) is 5.56 Å². The van der Waals surface area contributed by atoms with Crippen molar-refractivity contribution in [3.05, 3.63) is 62.7 Å². The van der Waals surface area contributed by atoms with Gasteiger partial charge in [0.15, 0.2) is 0 Å². The highest BCUT2D eigenvalue weighted by atomic mass is 127. The fraction of sp³-hybridized carbons (Fsp3) is 0.133. The average Bonchev–Trinajstić information content (AvgIpc) is 2.32. The van der Waals surface area contributed by atoms with Gasteiger partial charge in [-0.15, -0.1) is 0 Å². The smallest absolute Gasteiger partial charge is 0.255 e. The average molecular weight is 351 g/mol. The Labute approximate surface area is 121 Å². The van der Waals surface area contributed by atoms with E-state index in [0.717, 1.165) is 20.4 Å². The van der Waals surface area contributed by atoms with Crippen molar-refractivity contribution >= 4 is 34.2 Å². The van der Waals surface area contributed by atoms with Crippen LogP contribution in [-0.4, -0.2) is 5.91 Å². The van der Waals surface area contributed by atoms with Gasteiger partial charge in [-0.05, 0) is 72.3 Å². The molecule has 2 nitrogen and oxygen atoms in total. The molecule has 1 amide bonds. The Morgan fingerprint density at radius 2 is 1.72 bits per heavy atom. The van der Waals surface area contributed by atoms with Gasteiger partial charge in [0.1, 0.15) is 0 Å². The number of rotatable bonds is 2. The van der Waals surface area contributed by atoms with Crippen molar-refractivity contribution in [2.75, 3.05) is 5.32 Å². The molecule has 1 N–H and O–H groups in total. The highest BCUT2D eigenvalue weighted by Crippen LogP contribution is 2.15. The predicted molar refractivity (Wildman–Crippen MR) is 83.0 cm³/mol. The highest BCUT2D eigenvalue weighted by molar-refractivity contribution is 14.1. The number of carbonyl (C=O) groups is 1. The Hall–Kier alpha value is -1.36. The number of amides is 1. The van der Waals surface area contributed by atoms with E-state index in [2.05, 4.69) is 27.9 Å². The van der Waals surface area contributed by atoms with E-state index < -0.39 is 0 Å². The molecule has 18 heavy (non-hydrogen) atoms. The predicted octanol–water partition coefficient (Wildman–Crippen LogP) is 4.16. The van der Waals surface area contributed by atoms with E-state index in [9.17, 15) is 4.79 Å². The third-order valence-electron chi connectivity index (χ3n) is 2.73. The van der Waals surface area contributed by atoms with E-state index in [4.69, 9.17) is 0 Å². The van der Waals surface area contributed by atoms with Crippen LogP contribution in [-0.2, 0) is 0 Å². The van der Waals surface area contributed by atoms with Crippen LogP contribution in [0.2, 0.25) is 0 Å². The zero-order chi connectivity index (χ0) is 13.1. The third-order valence-corrected chi connectivity index (χ3v) is 3.45. The first-order valence-electron chi connectivity index (χ1n) is 5.70. The highest BCUT2D eigenvalue weighted by Gasteiger charge is 2.08. The van der Waals surface area contributed by atoms with Crippen molar-refractivity contribution in [2.45, 2.75) is 13.8 Å². The largest absolute Gasteiger partial charge is 0.322 e. The summed E-state index contributed by atoms with van der Waals surface area (Å²) in [5.41, 5.74) is 3.70. The van der Waals surface area contributed by atoms with Crippen LogP contribution >= 0.6 is 22.6 Å². The zero-order valence-electron chi connectivity index (χ0n) is 10.3. The number of hydrogen-bond acceptors (Lipinski definition) is 1. The second-order valence-corrected chi connectivity index (χ2v) is 5.53. The maximum Gasteiger partial charge on any atom is 0.255 e. The minimum Gasteiger partial charge on any atom is -0.322 e. The quantitative estimate of drug-likeness (QED) is 0.809. The Balaban J connectivity index is 2.19. The molecule has 0 atom stereocenters. The van der Waals surface area contributed by atoms with Gasteiger partial charge in [-0.2, -0.15) is 0 Å². The van der Waals surface area contributed by atoms with Crippen LogP contribution in [0.1, 0.15) is 21.5 Å². The van der Waals surface area contributed by atoms with Crippen molar-refractivity contribution in [2.24, 2.45) is 0 Å². The Morgan fingerprint density at radius 1 is 1.06 bits per heavy atom. The summed E-state index contributed by atoms with van der Waals surface area (Å²) in [7, 11) is 0. The molecule has 0 radical (unpaired) electrons. The first-order chi connectivity index (χ1) is 8.56. The van der Waals surface area contributed by atoms with Crippen LogP contribution in [0, 0.1) is 17.4 Å². The van der Waals surface area contributed by atoms with Gasteiger partial charge in [-0.25, -0.2) is 0 Å². The molecule has 0 saturated heterocycles. The van der Waals surface area contributed by atoms with Crippen LogP contribution in [0.4, 0.5) is 5.69 Å². The summed E-state index contributed by atoms with van der Waals surface area (Å²) in [5, 5.41) is 2.90. The van der Waals surface area contributed by atoms with Gasteiger partial charge >= 0.3 is 0 Å². The van der Waals surface area contributed by atoms with E-state index >= 15 is 0 Å². The molecule has 2 rings (SSSR count). The number of carbonyl (C=O) groups excluding carboxylic acids is 1. The van der Waals surface area contributed by atoms with Crippen molar-refractivity contribution < 1.29 is 4.79 Å². The van der Waals surface area contributed by atoms with Crippen LogP contribution in [0.25, 0.3) is 0 Å². The summed E-state index contributed by atoms with van der Waals surface area (Å²) in [6.45, 7) is 3.98. The van der Waals surface area contributed by atoms with Crippen molar-refractivity contribution in [1.82, 2.24) is 0 Å². The van der Waals surface area contributed by atoms with Crippen molar-refractivity contribution in [3.63, 3.8) is 0 Å². The molecule has 0 fully saturated rings. The van der Waals surface area contributed by atoms with Gasteiger partial charge in [-0.3, -0.25) is 4.79 Å². The second kappa shape index (κ2) is 5.52. The lowest BCUT2D eigenvalue weighted by Gasteiger charge is -2.08. The molecule has 0 saturated carbocycles.